The molecule has 4 rings (SSSR count). The molecule has 3 aromatic heterocycles. The van der Waals surface area contributed by atoms with E-state index in [-0.39, 0.29) is 18.1 Å². The number of rotatable bonds is 5. The summed E-state index contributed by atoms with van der Waals surface area (Å²) in [7, 11) is 0. The average molecular weight is 440 g/mol. The van der Waals surface area contributed by atoms with Gasteiger partial charge in [-0.25, -0.2) is 9.07 Å². The number of aromatic nitrogens is 4. The lowest BCUT2D eigenvalue weighted by Gasteiger charge is -2.09. The van der Waals surface area contributed by atoms with E-state index in [1.54, 1.807) is 35.1 Å². The molecule has 4 aromatic rings. The first kappa shape index (κ1) is 21.8. The number of halogens is 1. The van der Waals surface area contributed by atoms with Crippen LogP contribution in [0.2, 0.25) is 0 Å². The molecule has 1 aromatic carbocycles. The maximum Gasteiger partial charge on any atom is 0.272 e. The van der Waals surface area contributed by atoms with Crippen molar-refractivity contribution in [2.45, 2.75) is 27.3 Å². The Labute approximate surface area is 190 Å². The number of benzene rings is 1. The van der Waals surface area contributed by atoms with E-state index < -0.39 is 5.82 Å². The van der Waals surface area contributed by atoms with Crippen molar-refractivity contribution in [3.05, 3.63) is 100 Å². The summed E-state index contributed by atoms with van der Waals surface area (Å²) < 4.78 is 16.6. The lowest BCUT2D eigenvalue weighted by molar-refractivity contribution is 0.0945. The number of carbonyl (C=O) groups is 1. The molecule has 0 atom stereocenters. The number of hydrogen-bond donors (Lipinski definition) is 1. The van der Waals surface area contributed by atoms with E-state index in [4.69, 9.17) is 6.57 Å². The summed E-state index contributed by atoms with van der Waals surface area (Å²) in [6, 6.07) is 11.8. The number of carbonyl (C=O) groups excluding carboxylic acids is 1. The van der Waals surface area contributed by atoms with Gasteiger partial charge in [-0.1, -0.05) is 24.8 Å². The molecular formula is C25H21FN6O. The summed E-state index contributed by atoms with van der Waals surface area (Å²) in [6.45, 7) is 12.8. The van der Waals surface area contributed by atoms with E-state index in [1.807, 2.05) is 32.9 Å². The van der Waals surface area contributed by atoms with Crippen molar-refractivity contribution < 1.29 is 9.18 Å². The fraction of sp³-hybridized carbons (Fsp3) is 0.160. The Morgan fingerprint density at radius 1 is 1.15 bits per heavy atom. The third-order valence-electron chi connectivity index (χ3n) is 5.36. The van der Waals surface area contributed by atoms with Gasteiger partial charge in [0.2, 0.25) is 0 Å². The van der Waals surface area contributed by atoms with Gasteiger partial charge in [0.1, 0.15) is 23.4 Å². The molecule has 3 heterocycles. The second kappa shape index (κ2) is 9.01. The Hall–Kier alpha value is -4.38. The lowest BCUT2D eigenvalue weighted by atomic mass is 10.0. The zero-order valence-corrected chi connectivity index (χ0v) is 18.4. The number of aryl methyl sites for hydroxylation is 2. The van der Waals surface area contributed by atoms with Gasteiger partial charge in [-0.05, 0) is 56.2 Å². The molecule has 1 amide bonds. The molecule has 0 unspecified atom stereocenters. The van der Waals surface area contributed by atoms with Crippen molar-refractivity contribution in [3.8, 4) is 16.8 Å². The Kier molecular flexibility index (Phi) is 5.96. The molecule has 0 fully saturated rings. The van der Waals surface area contributed by atoms with Gasteiger partial charge in [-0.2, -0.15) is 5.10 Å². The third-order valence-corrected chi connectivity index (χ3v) is 5.36. The Balaban J connectivity index is 1.59. The summed E-state index contributed by atoms with van der Waals surface area (Å²) in [5, 5.41) is 7.30. The quantitative estimate of drug-likeness (QED) is 0.449. The highest BCUT2D eigenvalue weighted by molar-refractivity contribution is 5.92. The number of pyridine rings is 2. The minimum absolute atomic E-state index is 0.0527. The second-order valence-electron chi connectivity index (χ2n) is 7.61. The first-order valence-corrected chi connectivity index (χ1v) is 10.3. The van der Waals surface area contributed by atoms with Gasteiger partial charge in [-0.3, -0.25) is 9.78 Å². The highest BCUT2D eigenvalue weighted by Gasteiger charge is 2.18. The van der Waals surface area contributed by atoms with E-state index >= 15 is 0 Å². The topological polar surface area (TPSA) is 77.1 Å². The minimum atomic E-state index is -0.417. The molecule has 0 bridgehead atoms. The van der Waals surface area contributed by atoms with E-state index in [1.165, 1.54) is 12.3 Å². The van der Waals surface area contributed by atoms with E-state index in [2.05, 4.69) is 25.2 Å². The predicted octanol–water partition coefficient (Wildman–Crippen LogP) is 4.87. The molecule has 0 saturated heterocycles. The zero-order valence-electron chi connectivity index (χ0n) is 18.4. The van der Waals surface area contributed by atoms with Crippen molar-refractivity contribution in [1.82, 2.24) is 25.1 Å². The Morgan fingerprint density at radius 3 is 2.64 bits per heavy atom. The van der Waals surface area contributed by atoms with Crippen LogP contribution >= 0.6 is 0 Å². The predicted molar refractivity (Wildman–Crippen MR) is 123 cm³/mol. The molecule has 0 aliphatic rings. The van der Waals surface area contributed by atoms with Crippen LogP contribution in [0.15, 0.2) is 54.9 Å². The largest absolute Gasteiger partial charge is 0.360 e. The Bertz CT molecular complexity index is 1390. The average Bonchev–Trinajstić information content (AvgIpc) is 3.12. The second-order valence-corrected chi connectivity index (χ2v) is 7.61. The molecular weight excluding hydrogens is 419 g/mol. The molecule has 1 N–H and O–H groups in total. The minimum Gasteiger partial charge on any atom is -0.360 e. The fourth-order valence-corrected chi connectivity index (χ4v) is 3.71. The van der Waals surface area contributed by atoms with Gasteiger partial charge in [0, 0.05) is 29.6 Å². The van der Waals surface area contributed by atoms with Gasteiger partial charge in [0.15, 0.2) is 0 Å². The van der Waals surface area contributed by atoms with Gasteiger partial charge in [0.05, 0.1) is 5.69 Å². The lowest BCUT2D eigenvalue weighted by Crippen LogP contribution is -2.24. The van der Waals surface area contributed by atoms with Crippen LogP contribution in [0.4, 0.5) is 10.2 Å². The SMILES string of the molecule is [C-]#[N+]c1ncc(-n2nc(C)c(-c3ccc(CNC(=O)c4ccccn4)c(F)c3)c2C)cc1C. The highest BCUT2D eigenvalue weighted by Crippen LogP contribution is 2.30. The summed E-state index contributed by atoms with van der Waals surface area (Å²) in [5.74, 6) is -0.423. The number of amides is 1. The molecule has 0 aliphatic heterocycles. The van der Waals surface area contributed by atoms with Crippen LogP contribution in [0.3, 0.4) is 0 Å². The summed E-state index contributed by atoms with van der Waals surface area (Å²) in [5.41, 5.74) is 5.25. The van der Waals surface area contributed by atoms with Crippen molar-refractivity contribution in [2.24, 2.45) is 0 Å². The highest BCUT2D eigenvalue weighted by atomic mass is 19.1. The maximum atomic E-state index is 14.9. The monoisotopic (exact) mass is 440 g/mol. The summed E-state index contributed by atoms with van der Waals surface area (Å²) >= 11 is 0. The van der Waals surface area contributed by atoms with Crippen LogP contribution in [-0.4, -0.2) is 25.7 Å². The molecule has 164 valence electrons. The smallest absolute Gasteiger partial charge is 0.272 e. The zero-order chi connectivity index (χ0) is 23.5. The fourth-order valence-electron chi connectivity index (χ4n) is 3.71. The van der Waals surface area contributed by atoms with Crippen LogP contribution in [0.25, 0.3) is 21.7 Å². The number of nitrogens with one attached hydrogen (secondary N) is 1. The first-order chi connectivity index (χ1) is 15.9. The van der Waals surface area contributed by atoms with Crippen LogP contribution in [-0.2, 0) is 6.54 Å². The van der Waals surface area contributed by atoms with Crippen molar-refractivity contribution in [2.75, 3.05) is 0 Å². The van der Waals surface area contributed by atoms with E-state index in [0.29, 0.717) is 16.9 Å². The summed E-state index contributed by atoms with van der Waals surface area (Å²) in [6.07, 6.45) is 3.14. The number of hydrogen-bond acceptors (Lipinski definition) is 4. The third kappa shape index (κ3) is 4.34. The van der Waals surface area contributed by atoms with Crippen molar-refractivity contribution in [3.63, 3.8) is 0 Å². The van der Waals surface area contributed by atoms with Gasteiger partial charge < -0.3 is 10.2 Å². The van der Waals surface area contributed by atoms with E-state index in [9.17, 15) is 9.18 Å². The molecule has 0 aliphatic carbocycles. The van der Waals surface area contributed by atoms with Crippen LogP contribution < -0.4 is 5.32 Å². The molecule has 0 radical (unpaired) electrons. The molecule has 0 spiro atoms. The molecule has 8 heteroatoms. The van der Waals surface area contributed by atoms with Gasteiger partial charge in [0.25, 0.3) is 11.7 Å². The molecule has 0 saturated carbocycles. The molecule has 7 nitrogen and oxygen atoms in total. The van der Waals surface area contributed by atoms with Crippen LogP contribution in [0.1, 0.15) is 33.0 Å². The Morgan fingerprint density at radius 2 is 1.97 bits per heavy atom. The normalized spacial score (nSPS) is 10.6. The first-order valence-electron chi connectivity index (χ1n) is 10.3. The van der Waals surface area contributed by atoms with Gasteiger partial charge >= 0.3 is 0 Å². The van der Waals surface area contributed by atoms with Crippen molar-refractivity contribution in [1.29, 1.82) is 0 Å². The van der Waals surface area contributed by atoms with Crippen molar-refractivity contribution >= 4 is 11.7 Å². The number of nitrogens with zero attached hydrogens (tertiary/aromatic N) is 5. The van der Waals surface area contributed by atoms with Gasteiger partial charge in [-0.15, -0.1) is 4.98 Å². The molecule has 33 heavy (non-hydrogen) atoms. The standard InChI is InChI=1S/C25H21FN6O/c1-15-11-20(14-29-24(15)27-4)32-17(3)23(16(2)31-32)18-8-9-19(21(26)12-18)13-30-25(33)22-7-5-6-10-28-22/h5-12,14H,13H2,1-3H3,(H,30,33). The maximum absolute atomic E-state index is 14.9. The van der Waals surface area contributed by atoms with Crippen LogP contribution in [0, 0.1) is 33.2 Å². The summed E-state index contributed by atoms with van der Waals surface area (Å²) in [4.78, 5) is 23.8. The van der Waals surface area contributed by atoms with E-state index in [0.717, 1.165) is 28.2 Å². The van der Waals surface area contributed by atoms with Crippen LogP contribution in [0.5, 0.6) is 0 Å².